The van der Waals surface area contributed by atoms with Crippen molar-refractivity contribution in [1.82, 2.24) is 5.32 Å². The van der Waals surface area contributed by atoms with Gasteiger partial charge in [0.25, 0.3) is 0 Å². The fourth-order valence-electron chi connectivity index (χ4n) is 2.70. The second-order valence-electron chi connectivity index (χ2n) is 5.30. The SMILES string of the molecule is Clc1ccc(Cl)c(CC2(c3ccc(Br)cc3)CNC2)c1. The van der Waals surface area contributed by atoms with Crippen LogP contribution in [0.3, 0.4) is 0 Å². The molecule has 3 rings (SSSR count). The fraction of sp³-hybridized carbons (Fsp3) is 0.250. The molecule has 1 nitrogen and oxygen atoms in total. The molecule has 0 spiro atoms. The van der Waals surface area contributed by atoms with Crippen molar-refractivity contribution >= 4 is 39.1 Å². The van der Waals surface area contributed by atoms with E-state index in [0.29, 0.717) is 0 Å². The zero-order valence-corrected chi connectivity index (χ0v) is 13.9. The molecule has 4 heteroatoms. The predicted octanol–water partition coefficient (Wildman–Crippen LogP) is 4.84. The minimum Gasteiger partial charge on any atom is -0.315 e. The van der Waals surface area contributed by atoms with Crippen LogP contribution in [0.25, 0.3) is 0 Å². The maximum atomic E-state index is 6.31. The molecule has 1 N–H and O–H groups in total. The summed E-state index contributed by atoms with van der Waals surface area (Å²) in [6.45, 7) is 1.94. The Hall–Kier alpha value is -0.540. The summed E-state index contributed by atoms with van der Waals surface area (Å²) >= 11 is 15.9. The van der Waals surface area contributed by atoms with Crippen LogP contribution < -0.4 is 5.32 Å². The lowest BCUT2D eigenvalue weighted by molar-refractivity contribution is 0.275. The largest absolute Gasteiger partial charge is 0.315 e. The van der Waals surface area contributed by atoms with Gasteiger partial charge in [-0.2, -0.15) is 0 Å². The van der Waals surface area contributed by atoms with E-state index in [1.54, 1.807) is 0 Å². The third-order valence-electron chi connectivity index (χ3n) is 3.92. The number of halogens is 3. The first kappa shape index (κ1) is 14.4. The summed E-state index contributed by atoms with van der Waals surface area (Å²) in [5, 5.41) is 4.91. The molecule has 1 aliphatic rings. The zero-order valence-electron chi connectivity index (χ0n) is 10.8. The second-order valence-corrected chi connectivity index (χ2v) is 7.06. The van der Waals surface area contributed by atoms with E-state index in [2.05, 4.69) is 45.5 Å². The average molecular weight is 371 g/mol. The highest BCUT2D eigenvalue weighted by Gasteiger charge is 2.39. The van der Waals surface area contributed by atoms with Crippen molar-refractivity contribution in [2.24, 2.45) is 0 Å². The van der Waals surface area contributed by atoms with Crippen LogP contribution in [-0.2, 0) is 11.8 Å². The van der Waals surface area contributed by atoms with Crippen molar-refractivity contribution in [3.8, 4) is 0 Å². The van der Waals surface area contributed by atoms with E-state index in [1.165, 1.54) is 5.56 Å². The maximum Gasteiger partial charge on any atom is 0.0439 e. The Labute approximate surface area is 137 Å². The number of hydrogen-bond donors (Lipinski definition) is 1. The van der Waals surface area contributed by atoms with Crippen molar-refractivity contribution in [2.75, 3.05) is 13.1 Å². The lowest BCUT2D eigenvalue weighted by Crippen LogP contribution is -2.58. The van der Waals surface area contributed by atoms with Crippen LogP contribution in [0.2, 0.25) is 10.0 Å². The van der Waals surface area contributed by atoms with Crippen molar-refractivity contribution in [1.29, 1.82) is 0 Å². The van der Waals surface area contributed by atoms with Crippen LogP contribution in [-0.4, -0.2) is 13.1 Å². The Balaban J connectivity index is 1.93. The van der Waals surface area contributed by atoms with Gasteiger partial charge in [0.1, 0.15) is 0 Å². The molecule has 0 aromatic heterocycles. The van der Waals surface area contributed by atoms with Gasteiger partial charge in [0.05, 0.1) is 0 Å². The van der Waals surface area contributed by atoms with Crippen LogP contribution in [0.4, 0.5) is 0 Å². The Kier molecular flexibility index (Phi) is 4.09. The molecule has 0 radical (unpaired) electrons. The molecule has 1 fully saturated rings. The first-order chi connectivity index (χ1) is 9.59. The molecule has 1 aliphatic heterocycles. The van der Waals surface area contributed by atoms with E-state index in [9.17, 15) is 0 Å². The van der Waals surface area contributed by atoms with Crippen LogP contribution in [0.5, 0.6) is 0 Å². The average Bonchev–Trinajstić information content (AvgIpc) is 2.39. The zero-order chi connectivity index (χ0) is 14.2. The van der Waals surface area contributed by atoms with Gasteiger partial charge in [-0.25, -0.2) is 0 Å². The lowest BCUT2D eigenvalue weighted by Gasteiger charge is -2.43. The van der Waals surface area contributed by atoms with E-state index in [1.807, 2.05) is 18.2 Å². The van der Waals surface area contributed by atoms with Gasteiger partial charge >= 0.3 is 0 Å². The van der Waals surface area contributed by atoms with Gasteiger partial charge in [0, 0.05) is 33.0 Å². The minimum atomic E-state index is 0.120. The standard InChI is InChI=1S/C16H14BrCl2N/c17-13-3-1-12(2-4-13)16(9-20-10-16)8-11-7-14(18)5-6-15(11)19/h1-7,20H,8-10H2. The van der Waals surface area contributed by atoms with Crippen LogP contribution >= 0.6 is 39.1 Å². The van der Waals surface area contributed by atoms with Gasteiger partial charge < -0.3 is 5.32 Å². The summed E-state index contributed by atoms with van der Waals surface area (Å²) in [4.78, 5) is 0. The van der Waals surface area contributed by atoms with E-state index in [4.69, 9.17) is 23.2 Å². The smallest absolute Gasteiger partial charge is 0.0439 e. The molecule has 104 valence electrons. The monoisotopic (exact) mass is 369 g/mol. The minimum absolute atomic E-state index is 0.120. The summed E-state index contributed by atoms with van der Waals surface area (Å²) < 4.78 is 1.10. The molecule has 0 bridgehead atoms. The topological polar surface area (TPSA) is 12.0 Å². The molecule has 0 saturated carbocycles. The Morgan fingerprint density at radius 3 is 2.35 bits per heavy atom. The van der Waals surface area contributed by atoms with Crippen molar-refractivity contribution in [2.45, 2.75) is 11.8 Å². The van der Waals surface area contributed by atoms with Gasteiger partial charge in [-0.05, 0) is 47.9 Å². The van der Waals surface area contributed by atoms with Gasteiger partial charge in [0.15, 0.2) is 0 Å². The number of hydrogen-bond acceptors (Lipinski definition) is 1. The lowest BCUT2D eigenvalue weighted by atomic mass is 9.71. The van der Waals surface area contributed by atoms with E-state index < -0.39 is 0 Å². The number of rotatable bonds is 3. The summed E-state index contributed by atoms with van der Waals surface area (Å²) in [5.41, 5.74) is 2.58. The number of nitrogens with one attached hydrogen (secondary N) is 1. The molecule has 0 amide bonds. The molecule has 2 aromatic rings. The van der Waals surface area contributed by atoms with Gasteiger partial charge in [-0.1, -0.05) is 51.3 Å². The normalized spacial score (nSPS) is 16.8. The van der Waals surface area contributed by atoms with E-state index in [-0.39, 0.29) is 5.41 Å². The molecule has 20 heavy (non-hydrogen) atoms. The Morgan fingerprint density at radius 1 is 1.05 bits per heavy atom. The van der Waals surface area contributed by atoms with Crippen LogP contribution in [0.15, 0.2) is 46.9 Å². The summed E-state index contributed by atoms with van der Waals surface area (Å²) in [6, 6.07) is 14.2. The Bertz CT molecular complexity index is 621. The van der Waals surface area contributed by atoms with Crippen molar-refractivity contribution in [3.05, 3.63) is 68.1 Å². The van der Waals surface area contributed by atoms with Crippen molar-refractivity contribution < 1.29 is 0 Å². The molecule has 1 heterocycles. The molecule has 0 unspecified atom stereocenters. The van der Waals surface area contributed by atoms with Gasteiger partial charge in [-0.15, -0.1) is 0 Å². The van der Waals surface area contributed by atoms with Crippen LogP contribution in [0.1, 0.15) is 11.1 Å². The molecule has 0 aliphatic carbocycles. The number of benzene rings is 2. The quantitative estimate of drug-likeness (QED) is 0.815. The molecular weight excluding hydrogens is 357 g/mol. The summed E-state index contributed by atoms with van der Waals surface area (Å²) in [5.74, 6) is 0. The predicted molar refractivity (Wildman–Crippen MR) is 88.9 cm³/mol. The highest BCUT2D eigenvalue weighted by atomic mass is 79.9. The maximum absolute atomic E-state index is 6.31. The van der Waals surface area contributed by atoms with Gasteiger partial charge in [-0.3, -0.25) is 0 Å². The molecular formula is C16H14BrCl2N. The summed E-state index contributed by atoms with van der Waals surface area (Å²) in [6.07, 6.45) is 0.904. The Morgan fingerprint density at radius 2 is 1.75 bits per heavy atom. The molecule has 2 aromatic carbocycles. The van der Waals surface area contributed by atoms with Crippen LogP contribution in [0, 0.1) is 0 Å². The fourth-order valence-corrected chi connectivity index (χ4v) is 3.35. The first-order valence-electron chi connectivity index (χ1n) is 6.50. The molecule has 0 atom stereocenters. The molecule has 1 saturated heterocycles. The van der Waals surface area contributed by atoms with Gasteiger partial charge in [0.2, 0.25) is 0 Å². The first-order valence-corrected chi connectivity index (χ1v) is 8.05. The highest BCUT2D eigenvalue weighted by Crippen LogP contribution is 2.35. The highest BCUT2D eigenvalue weighted by molar-refractivity contribution is 9.10. The second kappa shape index (κ2) is 5.69. The van der Waals surface area contributed by atoms with E-state index in [0.717, 1.165) is 39.6 Å². The summed E-state index contributed by atoms with van der Waals surface area (Å²) in [7, 11) is 0. The van der Waals surface area contributed by atoms with Crippen molar-refractivity contribution in [3.63, 3.8) is 0 Å². The third kappa shape index (κ3) is 2.75. The van der Waals surface area contributed by atoms with E-state index >= 15 is 0 Å². The third-order valence-corrected chi connectivity index (χ3v) is 5.05.